The number of carboxylic acids is 1. The number of fused-ring (bicyclic) bond motifs is 1. The van der Waals surface area contributed by atoms with Crippen molar-refractivity contribution in [2.24, 2.45) is 5.41 Å². The third-order valence-corrected chi connectivity index (χ3v) is 6.99. The highest BCUT2D eigenvalue weighted by molar-refractivity contribution is 6.04. The Morgan fingerprint density at radius 3 is 2.38 bits per heavy atom. The first-order chi connectivity index (χ1) is 17.8. The number of aromatic carboxylic acids is 1. The Balaban J connectivity index is 0.00000235. The Hall–Kier alpha value is -3.07. The first-order valence-electron chi connectivity index (χ1n) is 14.1. The van der Waals surface area contributed by atoms with E-state index in [4.69, 9.17) is 0 Å². The fourth-order valence-electron chi connectivity index (χ4n) is 5.13. The Morgan fingerprint density at radius 1 is 1.14 bits per heavy atom. The van der Waals surface area contributed by atoms with Crippen molar-refractivity contribution in [1.82, 2.24) is 4.57 Å². The molecule has 3 rings (SSSR count). The molecule has 0 bridgehead atoms. The van der Waals surface area contributed by atoms with Gasteiger partial charge in [-0.05, 0) is 49.3 Å². The molecule has 1 aromatic carbocycles. The standard InChI is InChI=1S/C32H41NO2.C2H6/c1-7-15-23(16-8-2)28-27-20-19-26(31(34)35)25(21-22-32(5,6)9-3)30(27)33(10-4)29(28)24-17-13-11-12-14-18-24;1-2/h9,11,13-14,17-23H,3,7-8,10,12,15-16H2,1-2,4-6H3,(H,34,35);1-2H3/b22-21-;. The monoisotopic (exact) mass is 501 g/mol. The second kappa shape index (κ2) is 14.0. The molecule has 2 aromatic rings. The fourth-order valence-corrected chi connectivity index (χ4v) is 5.13. The molecule has 3 heteroatoms. The van der Waals surface area contributed by atoms with Gasteiger partial charge in [-0.2, -0.15) is 0 Å². The number of aryl methyl sites for hydroxylation is 1. The van der Waals surface area contributed by atoms with Gasteiger partial charge in [0, 0.05) is 22.9 Å². The first-order valence-corrected chi connectivity index (χ1v) is 14.1. The molecule has 3 nitrogen and oxygen atoms in total. The van der Waals surface area contributed by atoms with Crippen molar-refractivity contribution in [2.75, 3.05) is 0 Å². The van der Waals surface area contributed by atoms with Gasteiger partial charge in [-0.15, -0.1) is 6.58 Å². The molecular formula is C34H47NO2. The topological polar surface area (TPSA) is 42.2 Å². The summed E-state index contributed by atoms with van der Waals surface area (Å²) in [6.45, 7) is 19.6. The Bertz CT molecular complexity index is 1190. The van der Waals surface area contributed by atoms with Crippen molar-refractivity contribution in [3.63, 3.8) is 0 Å². The van der Waals surface area contributed by atoms with Crippen LogP contribution < -0.4 is 0 Å². The predicted octanol–water partition coefficient (Wildman–Crippen LogP) is 10.2. The molecule has 0 atom stereocenters. The van der Waals surface area contributed by atoms with Crippen LogP contribution in [0.1, 0.15) is 114 Å². The van der Waals surface area contributed by atoms with Crippen molar-refractivity contribution in [3.05, 3.63) is 83.6 Å². The van der Waals surface area contributed by atoms with Crippen molar-refractivity contribution in [1.29, 1.82) is 0 Å². The van der Waals surface area contributed by atoms with Gasteiger partial charge in [0.15, 0.2) is 0 Å². The zero-order chi connectivity index (χ0) is 27.6. The lowest BCUT2D eigenvalue weighted by atomic mass is 9.85. The average Bonchev–Trinajstić information content (AvgIpc) is 3.02. The quantitative estimate of drug-likeness (QED) is 0.311. The van der Waals surface area contributed by atoms with E-state index in [1.165, 1.54) is 22.2 Å². The molecule has 1 heterocycles. The molecule has 0 saturated carbocycles. The molecule has 200 valence electrons. The molecule has 1 aromatic heterocycles. The van der Waals surface area contributed by atoms with E-state index in [0.29, 0.717) is 11.5 Å². The van der Waals surface area contributed by atoms with Crippen LogP contribution in [0.4, 0.5) is 0 Å². The number of allylic oxidation sites excluding steroid dienone is 8. The Labute approximate surface area is 225 Å². The molecule has 0 unspecified atom stereocenters. The molecule has 0 spiro atoms. The van der Waals surface area contributed by atoms with Crippen molar-refractivity contribution >= 4 is 28.5 Å². The summed E-state index contributed by atoms with van der Waals surface area (Å²) in [6.07, 6.45) is 22.3. The van der Waals surface area contributed by atoms with Gasteiger partial charge in [0.2, 0.25) is 0 Å². The minimum atomic E-state index is -0.898. The van der Waals surface area contributed by atoms with Crippen LogP contribution in [0.5, 0.6) is 0 Å². The summed E-state index contributed by atoms with van der Waals surface area (Å²) < 4.78 is 2.35. The van der Waals surface area contributed by atoms with E-state index in [2.05, 4.69) is 88.3 Å². The summed E-state index contributed by atoms with van der Waals surface area (Å²) >= 11 is 0. The van der Waals surface area contributed by atoms with Crippen molar-refractivity contribution in [3.8, 4) is 0 Å². The van der Waals surface area contributed by atoms with E-state index in [0.717, 1.165) is 49.7 Å². The number of rotatable bonds is 11. The van der Waals surface area contributed by atoms with Crippen LogP contribution in [0.15, 0.2) is 61.2 Å². The number of aromatic nitrogens is 1. The Morgan fingerprint density at radius 2 is 1.81 bits per heavy atom. The van der Waals surface area contributed by atoms with Gasteiger partial charge in [0.25, 0.3) is 0 Å². The van der Waals surface area contributed by atoms with Crippen LogP contribution in [0, 0.1) is 5.41 Å². The molecule has 37 heavy (non-hydrogen) atoms. The summed E-state index contributed by atoms with van der Waals surface area (Å²) in [5, 5.41) is 11.3. The number of nitrogens with zero attached hydrogens (tertiary/aromatic N) is 1. The molecule has 1 N–H and O–H groups in total. The van der Waals surface area contributed by atoms with E-state index < -0.39 is 5.97 Å². The largest absolute Gasteiger partial charge is 0.478 e. The number of hydrogen-bond acceptors (Lipinski definition) is 1. The van der Waals surface area contributed by atoms with E-state index in [1.54, 1.807) is 6.07 Å². The minimum Gasteiger partial charge on any atom is -0.478 e. The number of hydrogen-bond donors (Lipinski definition) is 1. The van der Waals surface area contributed by atoms with Crippen molar-refractivity contribution < 1.29 is 9.90 Å². The predicted molar refractivity (Wildman–Crippen MR) is 162 cm³/mol. The van der Waals surface area contributed by atoms with E-state index in [1.807, 2.05) is 26.0 Å². The van der Waals surface area contributed by atoms with Crippen LogP contribution in [0.2, 0.25) is 0 Å². The number of carbonyl (C=O) groups is 1. The maximum atomic E-state index is 12.3. The van der Waals surface area contributed by atoms with Crippen LogP contribution in [-0.4, -0.2) is 15.6 Å². The zero-order valence-electron chi connectivity index (χ0n) is 24.1. The summed E-state index contributed by atoms with van der Waals surface area (Å²) in [4.78, 5) is 12.3. The maximum absolute atomic E-state index is 12.3. The van der Waals surface area contributed by atoms with E-state index >= 15 is 0 Å². The van der Waals surface area contributed by atoms with Gasteiger partial charge in [-0.1, -0.05) is 109 Å². The zero-order valence-corrected chi connectivity index (χ0v) is 24.1. The number of carboxylic acid groups (broad SMARTS) is 1. The van der Waals surface area contributed by atoms with Gasteiger partial charge in [-0.3, -0.25) is 0 Å². The Kier molecular flexibility index (Phi) is 11.4. The first kappa shape index (κ1) is 30.2. The number of benzene rings is 1. The summed E-state index contributed by atoms with van der Waals surface area (Å²) in [5.41, 5.74) is 5.70. The van der Waals surface area contributed by atoms with Crippen molar-refractivity contribution in [2.45, 2.75) is 93.0 Å². The maximum Gasteiger partial charge on any atom is 0.336 e. The third-order valence-electron chi connectivity index (χ3n) is 6.99. The van der Waals surface area contributed by atoms with Crippen LogP contribution in [0.25, 0.3) is 22.6 Å². The second-order valence-electron chi connectivity index (χ2n) is 10.1. The normalized spacial score (nSPS) is 13.6. The van der Waals surface area contributed by atoms with Gasteiger partial charge < -0.3 is 9.67 Å². The third kappa shape index (κ3) is 6.83. The summed E-state index contributed by atoms with van der Waals surface area (Å²) in [6, 6.07) is 3.85. The second-order valence-corrected chi connectivity index (χ2v) is 10.1. The van der Waals surface area contributed by atoms with Gasteiger partial charge in [-0.25, -0.2) is 4.79 Å². The molecule has 0 amide bonds. The smallest absolute Gasteiger partial charge is 0.336 e. The highest BCUT2D eigenvalue weighted by Crippen LogP contribution is 2.43. The van der Waals surface area contributed by atoms with E-state index in [9.17, 15) is 9.90 Å². The van der Waals surface area contributed by atoms with Crippen LogP contribution in [-0.2, 0) is 6.54 Å². The molecule has 0 saturated heterocycles. The van der Waals surface area contributed by atoms with E-state index in [-0.39, 0.29) is 5.41 Å². The highest BCUT2D eigenvalue weighted by Gasteiger charge is 2.27. The summed E-state index contributed by atoms with van der Waals surface area (Å²) in [7, 11) is 0. The fraction of sp³-hybridized carbons (Fsp3) is 0.441. The highest BCUT2D eigenvalue weighted by atomic mass is 16.4. The summed E-state index contributed by atoms with van der Waals surface area (Å²) in [5.74, 6) is -0.473. The molecular weight excluding hydrogens is 454 g/mol. The lowest BCUT2D eigenvalue weighted by molar-refractivity contribution is 0.0697. The molecule has 1 aliphatic carbocycles. The molecule has 1 aliphatic rings. The van der Waals surface area contributed by atoms with Gasteiger partial charge in [0.05, 0.1) is 16.8 Å². The average molecular weight is 502 g/mol. The lowest BCUT2D eigenvalue weighted by Gasteiger charge is -2.19. The molecule has 0 aliphatic heterocycles. The minimum absolute atomic E-state index is 0.239. The van der Waals surface area contributed by atoms with Gasteiger partial charge >= 0.3 is 5.97 Å². The lowest BCUT2D eigenvalue weighted by Crippen LogP contribution is -2.07. The molecule has 0 fully saturated rings. The SMILES string of the molecule is C=CC(C)(C)/C=C\c1c(C(=O)O)ccc2c(C(CCC)CCC)c(C3=CC=CCC=C3)n(CC)c12.CC. The van der Waals surface area contributed by atoms with Gasteiger partial charge in [0.1, 0.15) is 0 Å². The van der Waals surface area contributed by atoms with Crippen LogP contribution in [0.3, 0.4) is 0 Å². The molecule has 0 radical (unpaired) electrons. The van der Waals surface area contributed by atoms with Crippen LogP contribution >= 0.6 is 0 Å².